The van der Waals surface area contributed by atoms with Crippen LogP contribution in [0.5, 0.6) is 0 Å². The lowest BCUT2D eigenvalue weighted by atomic mass is 9.72. The minimum atomic E-state index is -1.33. The van der Waals surface area contributed by atoms with Gasteiger partial charge in [0.25, 0.3) is 0 Å². The summed E-state index contributed by atoms with van der Waals surface area (Å²) >= 11 is 0. The fourth-order valence-corrected chi connectivity index (χ4v) is 4.12. The van der Waals surface area contributed by atoms with Gasteiger partial charge in [-0.3, -0.25) is 14.9 Å². The zero-order valence-corrected chi connectivity index (χ0v) is 20.0. The minimum absolute atomic E-state index is 0.0670. The van der Waals surface area contributed by atoms with Crippen molar-refractivity contribution in [3.63, 3.8) is 0 Å². The Bertz CT molecular complexity index is 860. The van der Waals surface area contributed by atoms with E-state index >= 15 is 0 Å². The number of carbonyl (C=O) groups is 2. The van der Waals surface area contributed by atoms with Crippen LogP contribution in [0.2, 0.25) is 0 Å². The Kier molecular flexibility index (Phi) is 8.99. The molecule has 174 valence electrons. The van der Waals surface area contributed by atoms with E-state index in [1.165, 1.54) is 0 Å². The predicted molar refractivity (Wildman–Crippen MR) is 130 cm³/mol. The van der Waals surface area contributed by atoms with Crippen molar-refractivity contribution in [2.75, 3.05) is 26.2 Å². The molecule has 0 aliphatic rings. The summed E-state index contributed by atoms with van der Waals surface area (Å²) in [5.41, 5.74) is 6.05. The first kappa shape index (κ1) is 25.6. The number of rotatable bonds is 11. The largest absolute Gasteiger partial charge is 0.369 e. The molecule has 2 atom stereocenters. The smallest absolute Gasteiger partial charge is 0.248 e. The Labute approximate surface area is 192 Å². The summed E-state index contributed by atoms with van der Waals surface area (Å²) in [6.45, 7) is 12.3. The number of carbonyl (C=O) groups excluding carboxylic acids is 2. The molecular weight excluding hydrogens is 400 g/mol. The van der Waals surface area contributed by atoms with Crippen molar-refractivity contribution < 1.29 is 9.59 Å². The van der Waals surface area contributed by atoms with E-state index in [1.54, 1.807) is 4.90 Å². The van der Waals surface area contributed by atoms with Gasteiger partial charge in [0.05, 0.1) is 5.92 Å². The van der Waals surface area contributed by atoms with Gasteiger partial charge in [0.15, 0.2) is 0 Å². The molecule has 2 aromatic carbocycles. The number of primary amides is 1. The van der Waals surface area contributed by atoms with Crippen molar-refractivity contribution in [2.45, 2.75) is 51.6 Å². The third-order valence-corrected chi connectivity index (χ3v) is 5.65. The Hall–Kier alpha value is -2.70. The molecule has 0 aliphatic carbocycles. The van der Waals surface area contributed by atoms with Gasteiger partial charge in [-0.25, -0.2) is 0 Å². The van der Waals surface area contributed by atoms with E-state index < -0.39 is 17.4 Å². The van der Waals surface area contributed by atoms with E-state index in [4.69, 9.17) is 5.73 Å². The van der Waals surface area contributed by atoms with Crippen LogP contribution in [0.25, 0.3) is 0 Å². The van der Waals surface area contributed by atoms with Gasteiger partial charge in [0.2, 0.25) is 11.8 Å². The van der Waals surface area contributed by atoms with E-state index in [2.05, 4.69) is 31.4 Å². The van der Waals surface area contributed by atoms with E-state index in [1.807, 2.05) is 74.5 Å². The topological polar surface area (TPSA) is 87.5 Å². The number of nitrogens with two attached hydrogens (primary N) is 1. The van der Waals surface area contributed by atoms with Crippen LogP contribution in [-0.4, -0.2) is 48.4 Å². The monoisotopic (exact) mass is 438 g/mol. The molecule has 6 heteroatoms. The molecule has 0 saturated heterocycles. The van der Waals surface area contributed by atoms with Crippen molar-refractivity contribution in [3.8, 4) is 0 Å². The molecule has 0 bridgehead atoms. The average Bonchev–Trinajstić information content (AvgIpc) is 2.77. The number of hydrogen-bond acceptors (Lipinski definition) is 4. The van der Waals surface area contributed by atoms with Crippen LogP contribution in [0, 0.1) is 0 Å². The summed E-state index contributed by atoms with van der Waals surface area (Å²) in [5.74, 6) is -1.58. The normalized spacial score (nSPS) is 14.4. The lowest BCUT2D eigenvalue weighted by Gasteiger charge is -2.42. The molecule has 2 aromatic rings. The first-order valence-corrected chi connectivity index (χ1v) is 11.4. The van der Waals surface area contributed by atoms with Crippen LogP contribution < -0.4 is 16.4 Å². The fraction of sp³-hybridized carbons (Fsp3) is 0.462. The molecule has 0 saturated carbocycles. The predicted octanol–water partition coefficient (Wildman–Crippen LogP) is 3.00. The summed E-state index contributed by atoms with van der Waals surface area (Å²) in [7, 11) is 0. The molecule has 0 heterocycles. The van der Waals surface area contributed by atoms with E-state index in [0.29, 0.717) is 31.7 Å². The number of likely N-dealkylation sites (N-methyl/N-ethyl adjacent to an activating group) is 1. The summed E-state index contributed by atoms with van der Waals surface area (Å²) in [5, 5.41) is 6.94. The van der Waals surface area contributed by atoms with Gasteiger partial charge in [-0.1, -0.05) is 60.7 Å². The van der Waals surface area contributed by atoms with Crippen LogP contribution in [0.1, 0.15) is 51.7 Å². The highest BCUT2D eigenvalue weighted by atomic mass is 16.2. The van der Waals surface area contributed by atoms with Crippen LogP contribution >= 0.6 is 0 Å². The third-order valence-electron chi connectivity index (χ3n) is 5.65. The zero-order valence-electron chi connectivity index (χ0n) is 20.0. The maximum absolute atomic E-state index is 14.2. The lowest BCUT2D eigenvalue weighted by Crippen LogP contribution is -2.62. The van der Waals surface area contributed by atoms with E-state index in [9.17, 15) is 9.59 Å². The van der Waals surface area contributed by atoms with Crippen LogP contribution in [0.15, 0.2) is 60.7 Å². The summed E-state index contributed by atoms with van der Waals surface area (Å²) < 4.78 is 0. The van der Waals surface area contributed by atoms with Crippen molar-refractivity contribution in [1.82, 2.24) is 15.5 Å². The van der Waals surface area contributed by atoms with Gasteiger partial charge in [-0.05, 0) is 45.7 Å². The van der Waals surface area contributed by atoms with E-state index in [-0.39, 0.29) is 11.4 Å². The van der Waals surface area contributed by atoms with Crippen LogP contribution in [-0.2, 0) is 15.1 Å². The molecule has 0 spiro atoms. The van der Waals surface area contributed by atoms with Gasteiger partial charge >= 0.3 is 0 Å². The van der Waals surface area contributed by atoms with Gasteiger partial charge in [-0.15, -0.1) is 0 Å². The number of benzene rings is 2. The van der Waals surface area contributed by atoms with Crippen LogP contribution in [0.3, 0.4) is 0 Å². The second kappa shape index (κ2) is 11.2. The lowest BCUT2D eigenvalue weighted by molar-refractivity contribution is -0.143. The third kappa shape index (κ3) is 5.96. The van der Waals surface area contributed by atoms with Gasteiger partial charge in [0.1, 0.15) is 5.54 Å². The first-order valence-electron chi connectivity index (χ1n) is 11.4. The average molecular weight is 439 g/mol. The highest BCUT2D eigenvalue weighted by Crippen LogP contribution is 2.39. The fourth-order valence-electron chi connectivity index (χ4n) is 4.12. The Morgan fingerprint density at radius 3 is 1.84 bits per heavy atom. The van der Waals surface area contributed by atoms with Crippen LogP contribution in [0.4, 0.5) is 0 Å². The summed E-state index contributed by atoms with van der Waals surface area (Å²) in [4.78, 5) is 28.9. The van der Waals surface area contributed by atoms with Crippen molar-refractivity contribution in [3.05, 3.63) is 71.8 Å². The van der Waals surface area contributed by atoms with Gasteiger partial charge in [0, 0.05) is 31.7 Å². The molecule has 6 nitrogen and oxygen atoms in total. The number of nitrogens with one attached hydrogen (secondary N) is 2. The number of amides is 2. The number of nitrogens with zero attached hydrogens (tertiary/aromatic N) is 1. The highest BCUT2D eigenvalue weighted by molar-refractivity contribution is 5.97. The van der Waals surface area contributed by atoms with Crippen molar-refractivity contribution >= 4 is 11.8 Å². The molecule has 0 aromatic heterocycles. The highest BCUT2D eigenvalue weighted by Gasteiger charge is 2.51. The van der Waals surface area contributed by atoms with Gasteiger partial charge < -0.3 is 16.0 Å². The maximum Gasteiger partial charge on any atom is 0.248 e. The SMILES string of the molecule is CCN(CC)C(=O)C(NCCNC(C)(C)C)(c1ccccc1)C(C(N)=O)c1ccccc1. The Morgan fingerprint density at radius 1 is 0.875 bits per heavy atom. The Morgan fingerprint density at radius 2 is 1.38 bits per heavy atom. The molecule has 2 amide bonds. The maximum atomic E-state index is 14.2. The second-order valence-electron chi connectivity index (χ2n) is 9.00. The molecule has 2 rings (SSSR count). The summed E-state index contributed by atoms with van der Waals surface area (Å²) in [6, 6.07) is 18.8. The second-order valence-corrected chi connectivity index (χ2v) is 9.00. The Balaban J connectivity index is 2.69. The molecule has 4 N–H and O–H groups in total. The molecule has 0 radical (unpaired) electrons. The number of hydrogen-bond donors (Lipinski definition) is 3. The van der Waals surface area contributed by atoms with E-state index in [0.717, 1.165) is 5.56 Å². The standard InChI is InChI=1S/C26H38N4O2/c1-6-30(7-2)24(32)26(21-16-12-9-13-17-21,29-19-18-28-25(3,4)5)22(23(27)31)20-14-10-8-11-15-20/h8-17,22,28-29H,6-7,18-19H2,1-5H3,(H2,27,31). The molecule has 2 unspecified atom stereocenters. The summed E-state index contributed by atoms with van der Waals surface area (Å²) in [6.07, 6.45) is 0. The molecular formula is C26H38N4O2. The zero-order chi connectivity index (χ0) is 23.8. The van der Waals surface area contributed by atoms with Gasteiger partial charge in [-0.2, -0.15) is 0 Å². The quantitative estimate of drug-likeness (QED) is 0.471. The minimum Gasteiger partial charge on any atom is -0.369 e. The molecule has 0 fully saturated rings. The molecule has 32 heavy (non-hydrogen) atoms. The first-order chi connectivity index (χ1) is 15.2. The van der Waals surface area contributed by atoms with Crippen molar-refractivity contribution in [2.24, 2.45) is 5.73 Å². The molecule has 0 aliphatic heterocycles. The van der Waals surface area contributed by atoms with Crippen molar-refractivity contribution in [1.29, 1.82) is 0 Å².